The first kappa shape index (κ1) is 13.2. The quantitative estimate of drug-likeness (QED) is 0.845. The van der Waals surface area contributed by atoms with Gasteiger partial charge in [0.25, 0.3) is 0 Å². The van der Waals surface area contributed by atoms with Gasteiger partial charge in [-0.25, -0.2) is 0 Å². The molecule has 5 heteroatoms. The molecule has 0 aliphatic carbocycles. The van der Waals surface area contributed by atoms with Gasteiger partial charge in [0.05, 0.1) is 11.7 Å². The maximum atomic E-state index is 12.8. The third-order valence-corrected chi connectivity index (χ3v) is 4.41. The molecular formula is C15H20N2O3. The van der Waals surface area contributed by atoms with E-state index in [1.165, 1.54) is 0 Å². The van der Waals surface area contributed by atoms with E-state index in [9.17, 15) is 9.59 Å². The number of hydrogen-bond donors (Lipinski definition) is 1. The Morgan fingerprint density at radius 3 is 3.05 bits per heavy atom. The number of nitrogens with one attached hydrogen (secondary N) is 1. The Morgan fingerprint density at radius 2 is 2.30 bits per heavy atom. The number of hydrogen-bond acceptors (Lipinski definition) is 3. The van der Waals surface area contributed by atoms with E-state index in [0.717, 1.165) is 30.7 Å². The Morgan fingerprint density at radius 1 is 1.45 bits per heavy atom. The third kappa shape index (κ3) is 2.32. The van der Waals surface area contributed by atoms with Crippen LogP contribution >= 0.6 is 0 Å². The van der Waals surface area contributed by atoms with Crippen LogP contribution in [0.1, 0.15) is 37.5 Å². The second-order valence-corrected chi connectivity index (χ2v) is 6.04. The molecule has 2 aliphatic heterocycles. The molecule has 20 heavy (non-hydrogen) atoms. The summed E-state index contributed by atoms with van der Waals surface area (Å²) >= 11 is 0. The Kier molecular flexibility index (Phi) is 3.28. The number of carbonyl (C=O) groups is 2. The van der Waals surface area contributed by atoms with Gasteiger partial charge >= 0.3 is 0 Å². The van der Waals surface area contributed by atoms with Crippen LogP contribution in [0.5, 0.6) is 0 Å². The SMILES string of the molecule is C[C@]1(C(=O)N2CCCc3occc3C2)CCC(=O)NC1. The average molecular weight is 276 g/mol. The van der Waals surface area contributed by atoms with Crippen LogP contribution in [0.4, 0.5) is 0 Å². The molecule has 5 nitrogen and oxygen atoms in total. The molecule has 0 bridgehead atoms. The highest BCUT2D eigenvalue weighted by atomic mass is 16.3. The maximum absolute atomic E-state index is 12.8. The third-order valence-electron chi connectivity index (χ3n) is 4.41. The van der Waals surface area contributed by atoms with Crippen LogP contribution in [0.2, 0.25) is 0 Å². The van der Waals surface area contributed by atoms with Crippen LogP contribution in [0.15, 0.2) is 16.7 Å². The fraction of sp³-hybridized carbons (Fsp3) is 0.600. The van der Waals surface area contributed by atoms with E-state index in [2.05, 4.69) is 5.32 Å². The number of furan rings is 1. The van der Waals surface area contributed by atoms with Crippen molar-refractivity contribution in [1.82, 2.24) is 10.2 Å². The molecule has 3 rings (SSSR count). The first-order valence-corrected chi connectivity index (χ1v) is 7.20. The Bertz CT molecular complexity index is 525. The van der Waals surface area contributed by atoms with Crippen LogP contribution in [-0.4, -0.2) is 29.8 Å². The summed E-state index contributed by atoms with van der Waals surface area (Å²) in [5, 5.41) is 2.82. The van der Waals surface area contributed by atoms with Crippen molar-refractivity contribution in [2.24, 2.45) is 5.41 Å². The van der Waals surface area contributed by atoms with Crippen LogP contribution < -0.4 is 5.32 Å². The summed E-state index contributed by atoms with van der Waals surface area (Å²) in [6.07, 6.45) is 4.58. The van der Waals surface area contributed by atoms with Crippen LogP contribution in [0, 0.1) is 5.41 Å². The summed E-state index contributed by atoms with van der Waals surface area (Å²) in [5.41, 5.74) is 0.640. The molecule has 1 saturated heterocycles. The minimum Gasteiger partial charge on any atom is -0.469 e. The average Bonchev–Trinajstić information content (AvgIpc) is 2.79. The van der Waals surface area contributed by atoms with Crippen molar-refractivity contribution < 1.29 is 14.0 Å². The van der Waals surface area contributed by atoms with E-state index in [1.807, 2.05) is 17.9 Å². The number of piperidine rings is 1. The van der Waals surface area contributed by atoms with E-state index in [1.54, 1.807) is 6.26 Å². The van der Waals surface area contributed by atoms with Gasteiger partial charge in [0.2, 0.25) is 11.8 Å². The van der Waals surface area contributed by atoms with Crippen molar-refractivity contribution in [3.05, 3.63) is 23.7 Å². The molecule has 2 amide bonds. The fourth-order valence-corrected chi connectivity index (χ4v) is 3.04. The largest absolute Gasteiger partial charge is 0.469 e. The van der Waals surface area contributed by atoms with Gasteiger partial charge in [-0.3, -0.25) is 9.59 Å². The van der Waals surface area contributed by atoms with Gasteiger partial charge in [-0.1, -0.05) is 0 Å². The maximum Gasteiger partial charge on any atom is 0.230 e. The zero-order chi connectivity index (χ0) is 14.2. The van der Waals surface area contributed by atoms with E-state index in [4.69, 9.17) is 4.42 Å². The molecular weight excluding hydrogens is 256 g/mol. The van der Waals surface area contributed by atoms with Crippen LogP contribution in [-0.2, 0) is 22.6 Å². The first-order chi connectivity index (χ1) is 9.58. The highest BCUT2D eigenvalue weighted by Gasteiger charge is 2.40. The molecule has 1 aromatic rings. The van der Waals surface area contributed by atoms with Gasteiger partial charge < -0.3 is 14.6 Å². The van der Waals surface area contributed by atoms with Gasteiger partial charge in [-0.15, -0.1) is 0 Å². The lowest BCUT2D eigenvalue weighted by Gasteiger charge is -2.36. The molecule has 3 heterocycles. The molecule has 0 spiro atoms. The Labute approximate surface area is 118 Å². The molecule has 2 aliphatic rings. The molecule has 108 valence electrons. The summed E-state index contributed by atoms with van der Waals surface area (Å²) in [5.74, 6) is 1.19. The second kappa shape index (κ2) is 4.96. The van der Waals surface area contributed by atoms with E-state index in [0.29, 0.717) is 25.9 Å². The summed E-state index contributed by atoms with van der Waals surface area (Å²) in [6.45, 7) is 3.77. The Balaban J connectivity index is 1.75. The number of nitrogens with zero attached hydrogens (tertiary/aromatic N) is 1. The first-order valence-electron chi connectivity index (χ1n) is 7.20. The summed E-state index contributed by atoms with van der Waals surface area (Å²) in [6, 6.07) is 1.95. The number of fused-ring (bicyclic) bond motifs is 1. The predicted molar refractivity (Wildman–Crippen MR) is 72.8 cm³/mol. The molecule has 1 fully saturated rings. The van der Waals surface area contributed by atoms with Crippen molar-refractivity contribution in [2.45, 2.75) is 39.2 Å². The lowest BCUT2D eigenvalue weighted by molar-refractivity contribution is -0.144. The topological polar surface area (TPSA) is 62.6 Å². The van der Waals surface area contributed by atoms with E-state index < -0.39 is 5.41 Å². The number of carbonyl (C=O) groups excluding carboxylic acids is 2. The Hall–Kier alpha value is -1.78. The molecule has 1 atom stereocenters. The molecule has 0 radical (unpaired) electrons. The van der Waals surface area contributed by atoms with Crippen molar-refractivity contribution in [2.75, 3.05) is 13.1 Å². The van der Waals surface area contributed by atoms with Crippen LogP contribution in [0.3, 0.4) is 0 Å². The van der Waals surface area contributed by atoms with Crippen molar-refractivity contribution in [1.29, 1.82) is 0 Å². The van der Waals surface area contributed by atoms with E-state index >= 15 is 0 Å². The minimum atomic E-state index is -0.470. The van der Waals surface area contributed by atoms with Gasteiger partial charge in [-0.05, 0) is 25.8 Å². The summed E-state index contributed by atoms with van der Waals surface area (Å²) < 4.78 is 5.45. The molecule has 0 unspecified atom stereocenters. The van der Waals surface area contributed by atoms with Crippen molar-refractivity contribution >= 4 is 11.8 Å². The standard InChI is InChI=1S/C15H20N2O3/c1-15(6-4-13(18)16-10-15)14(19)17-7-2-3-12-11(9-17)5-8-20-12/h5,8H,2-4,6-7,9-10H2,1H3,(H,16,18)/t15-/m0/s1. The lowest BCUT2D eigenvalue weighted by Crippen LogP contribution is -2.51. The van der Waals surface area contributed by atoms with Gasteiger partial charge in [-0.2, -0.15) is 0 Å². The normalized spacial score (nSPS) is 26.6. The highest BCUT2D eigenvalue weighted by Crippen LogP contribution is 2.30. The monoisotopic (exact) mass is 276 g/mol. The smallest absolute Gasteiger partial charge is 0.230 e. The van der Waals surface area contributed by atoms with Crippen molar-refractivity contribution in [3.8, 4) is 0 Å². The fourth-order valence-electron chi connectivity index (χ4n) is 3.04. The predicted octanol–water partition coefficient (Wildman–Crippen LogP) is 1.47. The second-order valence-electron chi connectivity index (χ2n) is 6.04. The van der Waals surface area contributed by atoms with Crippen molar-refractivity contribution in [3.63, 3.8) is 0 Å². The van der Waals surface area contributed by atoms with Gasteiger partial charge in [0.1, 0.15) is 5.76 Å². The zero-order valence-electron chi connectivity index (χ0n) is 11.8. The highest BCUT2D eigenvalue weighted by molar-refractivity contribution is 5.86. The molecule has 0 aromatic carbocycles. The zero-order valence-corrected chi connectivity index (χ0v) is 11.8. The number of amides is 2. The van der Waals surface area contributed by atoms with E-state index in [-0.39, 0.29) is 11.8 Å². The summed E-state index contributed by atoms with van der Waals surface area (Å²) in [4.78, 5) is 26.0. The molecule has 1 N–H and O–H groups in total. The van der Waals surface area contributed by atoms with Gasteiger partial charge in [0, 0.05) is 38.0 Å². The van der Waals surface area contributed by atoms with Crippen LogP contribution in [0.25, 0.3) is 0 Å². The summed E-state index contributed by atoms with van der Waals surface area (Å²) in [7, 11) is 0. The molecule has 0 saturated carbocycles. The lowest BCUT2D eigenvalue weighted by atomic mass is 9.81. The number of rotatable bonds is 1. The van der Waals surface area contributed by atoms with Gasteiger partial charge in [0.15, 0.2) is 0 Å². The number of aryl methyl sites for hydroxylation is 1. The molecule has 1 aromatic heterocycles. The minimum absolute atomic E-state index is 0.0447.